The van der Waals surface area contributed by atoms with Gasteiger partial charge in [-0.15, -0.1) is 0 Å². The summed E-state index contributed by atoms with van der Waals surface area (Å²) in [4.78, 5) is 35.4. The maximum absolute atomic E-state index is 12.8. The van der Waals surface area contributed by atoms with Gasteiger partial charge in [-0.05, 0) is 148 Å². The fraction of sp³-hybridized carbons (Fsp3) is 0.556. The van der Waals surface area contributed by atoms with E-state index in [2.05, 4.69) is 220 Å². The number of phosphoric acid groups is 1. The van der Waals surface area contributed by atoms with Crippen molar-refractivity contribution >= 4 is 19.8 Å². The molecule has 0 amide bonds. The van der Waals surface area contributed by atoms with Crippen molar-refractivity contribution in [1.82, 2.24) is 0 Å². The minimum absolute atomic E-state index is 0.0358. The second-order valence-corrected chi connectivity index (χ2v) is 24.1. The molecule has 0 radical (unpaired) electrons. The van der Waals surface area contributed by atoms with Crippen molar-refractivity contribution in [2.75, 3.05) is 26.4 Å². The molecule has 0 fully saturated rings. The maximum Gasteiger partial charge on any atom is 0.472 e. The topological polar surface area (TPSA) is 134 Å². The van der Waals surface area contributed by atoms with Crippen molar-refractivity contribution < 1.29 is 37.6 Å². The molecule has 0 saturated carbocycles. The number of allylic oxidation sites excluding steroid dienone is 34. The van der Waals surface area contributed by atoms with Gasteiger partial charge < -0.3 is 20.1 Å². The number of rotatable bonds is 64. The maximum atomic E-state index is 12.8. The van der Waals surface area contributed by atoms with Gasteiger partial charge in [0.1, 0.15) is 6.61 Å². The Kier molecular flexibility index (Phi) is 69.3. The predicted octanol–water partition coefficient (Wildman–Crippen LogP) is 23.9. The monoisotopic (exact) mass is 1270 g/mol. The van der Waals surface area contributed by atoms with E-state index in [-0.39, 0.29) is 32.6 Å². The number of esters is 2. The summed E-state index contributed by atoms with van der Waals surface area (Å²) >= 11 is 0. The zero-order valence-corrected chi connectivity index (χ0v) is 58.1. The Morgan fingerprint density at radius 3 is 0.868 bits per heavy atom. The average molecular weight is 1270 g/mol. The minimum Gasteiger partial charge on any atom is -0.462 e. The predicted molar refractivity (Wildman–Crippen MR) is 394 cm³/mol. The van der Waals surface area contributed by atoms with E-state index in [0.29, 0.717) is 6.42 Å². The first-order chi connectivity index (χ1) is 44.8. The van der Waals surface area contributed by atoms with Gasteiger partial charge in [0, 0.05) is 19.4 Å². The lowest BCUT2D eigenvalue weighted by molar-refractivity contribution is -0.161. The van der Waals surface area contributed by atoms with Crippen molar-refractivity contribution in [3.63, 3.8) is 0 Å². The lowest BCUT2D eigenvalue weighted by atomic mass is 10.0. The van der Waals surface area contributed by atoms with Gasteiger partial charge in [-0.25, -0.2) is 4.57 Å². The molecule has 0 heterocycles. The van der Waals surface area contributed by atoms with Crippen LogP contribution in [0.2, 0.25) is 0 Å². The second kappa shape index (κ2) is 73.6. The smallest absolute Gasteiger partial charge is 0.462 e. The van der Waals surface area contributed by atoms with Gasteiger partial charge in [-0.3, -0.25) is 18.6 Å². The first kappa shape index (κ1) is 85.6. The Morgan fingerprint density at radius 1 is 0.330 bits per heavy atom. The molecule has 91 heavy (non-hydrogen) atoms. The largest absolute Gasteiger partial charge is 0.472 e. The van der Waals surface area contributed by atoms with Gasteiger partial charge in [-0.1, -0.05) is 304 Å². The van der Waals surface area contributed by atoms with Crippen LogP contribution >= 0.6 is 7.82 Å². The molecule has 0 rings (SSSR count). The van der Waals surface area contributed by atoms with E-state index in [1.807, 2.05) is 0 Å². The molecule has 10 heteroatoms. The van der Waals surface area contributed by atoms with Crippen molar-refractivity contribution in [1.29, 1.82) is 0 Å². The van der Waals surface area contributed by atoms with E-state index in [0.717, 1.165) is 148 Å². The molecule has 2 atom stereocenters. The van der Waals surface area contributed by atoms with Crippen LogP contribution in [0.4, 0.5) is 0 Å². The number of nitrogens with two attached hydrogens (primary N) is 1. The zero-order valence-electron chi connectivity index (χ0n) is 57.2. The lowest BCUT2D eigenvalue weighted by Crippen LogP contribution is -2.29. The third-order valence-corrected chi connectivity index (χ3v) is 15.1. The van der Waals surface area contributed by atoms with Crippen LogP contribution in [-0.2, 0) is 32.7 Å². The number of hydrogen-bond donors (Lipinski definition) is 2. The Balaban J connectivity index is 4.05. The summed E-state index contributed by atoms with van der Waals surface area (Å²) in [6.45, 7) is 3.45. The molecule has 0 aliphatic heterocycles. The van der Waals surface area contributed by atoms with Crippen molar-refractivity contribution in [2.24, 2.45) is 5.73 Å². The molecule has 0 aromatic rings. The van der Waals surface area contributed by atoms with Crippen LogP contribution in [0.1, 0.15) is 258 Å². The SMILES string of the molecule is CC/C=C\C/C=C\C/C=C\C/C=C\C/C=C\C/C=C\C/C=C\C/C=C\C/C=C\C/C=C\C/C=C\C/C=C\CCCCC(=O)OC(COC(=O)CCCCCCCCCCCCCCCCC/C=C\C/C=C\C/C=C\C/C=C\C/C=C\CC)COP(=O)(O)OCCN. The summed E-state index contributed by atoms with van der Waals surface area (Å²) in [6, 6.07) is 0. The molecular formula is C81H128NO8P. The molecule has 0 aliphatic rings. The summed E-state index contributed by atoms with van der Waals surface area (Å²) in [5.74, 6) is -0.891. The average Bonchev–Trinajstić information content (AvgIpc) is 3.71. The molecule has 0 saturated heterocycles. The summed E-state index contributed by atoms with van der Waals surface area (Å²) in [5.41, 5.74) is 5.40. The highest BCUT2D eigenvalue weighted by Gasteiger charge is 2.26. The van der Waals surface area contributed by atoms with Crippen LogP contribution in [0, 0.1) is 0 Å². The molecule has 510 valence electrons. The molecule has 0 aromatic carbocycles. The fourth-order valence-electron chi connectivity index (χ4n) is 9.00. The highest BCUT2D eigenvalue weighted by Crippen LogP contribution is 2.43. The molecule has 0 spiro atoms. The van der Waals surface area contributed by atoms with Crippen molar-refractivity contribution in [3.05, 3.63) is 207 Å². The Morgan fingerprint density at radius 2 is 0.571 bits per heavy atom. The number of phosphoric ester groups is 1. The van der Waals surface area contributed by atoms with E-state index < -0.39 is 32.5 Å². The van der Waals surface area contributed by atoms with E-state index in [9.17, 15) is 19.0 Å². The Bertz CT molecular complexity index is 2250. The highest BCUT2D eigenvalue weighted by molar-refractivity contribution is 7.47. The second-order valence-electron chi connectivity index (χ2n) is 22.6. The van der Waals surface area contributed by atoms with Crippen molar-refractivity contribution in [3.8, 4) is 0 Å². The minimum atomic E-state index is -4.42. The first-order valence-electron chi connectivity index (χ1n) is 35.6. The van der Waals surface area contributed by atoms with Crippen LogP contribution in [0.25, 0.3) is 0 Å². The fourth-order valence-corrected chi connectivity index (χ4v) is 9.76. The van der Waals surface area contributed by atoms with E-state index in [1.54, 1.807) is 0 Å². The molecule has 0 aromatic heterocycles. The Hall–Kier alpha value is -5.41. The van der Waals surface area contributed by atoms with Gasteiger partial charge in [0.2, 0.25) is 0 Å². The Labute approximate surface area is 557 Å². The summed E-state index contributed by atoms with van der Waals surface area (Å²) in [6.07, 6.45) is 113. The standard InChI is InChI=1S/C81H128NO8P/c1-3-5-7-9-11-13-15-17-19-21-23-25-27-29-31-33-35-36-37-38-39-40-41-42-44-46-48-50-52-54-56-58-60-62-64-66-68-70-72-74-81(84)90-79(78-89-91(85,86)88-76-75-82)77-87-80(83)73-71-69-67-65-63-61-59-57-55-53-51-49-47-45-43-34-32-30-28-26-24-22-20-18-16-14-12-10-8-6-4-2/h5-8,11-14,17-20,23-26,29-32,35-36,38-39,41-42,46,48,52,54,58,60,64,66,79H,3-4,9-10,15-16,21-22,27-28,33-34,37,40,43-45,47,49-51,53,55-57,59,61-63,65,67-78,82H2,1-2H3,(H,85,86)/b7-5-,8-6-,13-11-,14-12-,19-17-,20-18-,25-23-,26-24-,31-29-,32-30-,36-35-,39-38-,42-41-,48-46-,54-52-,60-58-,66-64-. The van der Waals surface area contributed by atoms with Gasteiger partial charge in [0.15, 0.2) is 6.10 Å². The number of hydrogen-bond acceptors (Lipinski definition) is 8. The van der Waals surface area contributed by atoms with Gasteiger partial charge >= 0.3 is 19.8 Å². The van der Waals surface area contributed by atoms with Crippen LogP contribution in [0.3, 0.4) is 0 Å². The third-order valence-electron chi connectivity index (χ3n) is 14.2. The van der Waals surface area contributed by atoms with Crippen LogP contribution < -0.4 is 5.73 Å². The van der Waals surface area contributed by atoms with Gasteiger partial charge in [0.25, 0.3) is 0 Å². The van der Waals surface area contributed by atoms with Crippen LogP contribution in [0.5, 0.6) is 0 Å². The number of carbonyl (C=O) groups is 2. The van der Waals surface area contributed by atoms with E-state index >= 15 is 0 Å². The third kappa shape index (κ3) is 73.5. The zero-order chi connectivity index (χ0) is 65.8. The highest BCUT2D eigenvalue weighted by atomic mass is 31.2. The number of ether oxygens (including phenoxy) is 2. The molecule has 3 N–H and O–H groups in total. The summed E-state index contributed by atoms with van der Waals surface area (Å²) in [5, 5.41) is 0. The summed E-state index contributed by atoms with van der Waals surface area (Å²) in [7, 11) is -4.42. The number of carbonyl (C=O) groups excluding carboxylic acids is 2. The quantitative estimate of drug-likeness (QED) is 0.0264. The number of unbranched alkanes of at least 4 members (excludes halogenated alkanes) is 17. The summed E-state index contributed by atoms with van der Waals surface area (Å²) < 4.78 is 33.1. The molecular weight excluding hydrogens is 1150 g/mol. The molecule has 2 unspecified atom stereocenters. The van der Waals surface area contributed by atoms with Crippen LogP contribution in [-0.4, -0.2) is 49.3 Å². The first-order valence-corrected chi connectivity index (χ1v) is 37.1. The molecule has 0 aliphatic carbocycles. The van der Waals surface area contributed by atoms with Gasteiger partial charge in [0.05, 0.1) is 13.2 Å². The van der Waals surface area contributed by atoms with Crippen molar-refractivity contribution in [2.45, 2.75) is 264 Å². The van der Waals surface area contributed by atoms with Gasteiger partial charge in [-0.2, -0.15) is 0 Å². The van der Waals surface area contributed by atoms with E-state index in [1.165, 1.54) is 77.0 Å². The lowest BCUT2D eigenvalue weighted by Gasteiger charge is -2.19. The molecule has 0 bridgehead atoms. The normalized spacial score (nSPS) is 14.2. The molecule has 9 nitrogen and oxygen atoms in total. The van der Waals surface area contributed by atoms with Crippen LogP contribution in [0.15, 0.2) is 207 Å². The van der Waals surface area contributed by atoms with E-state index in [4.69, 9.17) is 24.3 Å².